The highest BCUT2D eigenvalue weighted by molar-refractivity contribution is 5.99. The largest absolute Gasteiger partial charge is 0.382 e. The molecule has 2 aliphatic heterocycles. The van der Waals surface area contributed by atoms with Crippen molar-refractivity contribution < 1.29 is 18.7 Å². The van der Waals surface area contributed by atoms with E-state index in [4.69, 9.17) is 9.47 Å². The Morgan fingerprint density at radius 2 is 1.74 bits per heavy atom. The summed E-state index contributed by atoms with van der Waals surface area (Å²) < 4.78 is 27.0. The Kier molecular flexibility index (Phi) is 8.66. The summed E-state index contributed by atoms with van der Waals surface area (Å²) in [5.74, 6) is -0.587. The number of hydrogen-bond acceptors (Lipinski definition) is 6. The summed E-state index contributed by atoms with van der Waals surface area (Å²) in [6.07, 6.45) is 3.57. The Balaban J connectivity index is 1.34. The summed E-state index contributed by atoms with van der Waals surface area (Å²) in [5, 5.41) is 6.57. The van der Waals surface area contributed by atoms with Gasteiger partial charge in [0.1, 0.15) is 5.82 Å². The number of hydrogen-bond donors (Lipinski definition) is 3. The Morgan fingerprint density at radius 3 is 2.49 bits per heavy atom. The topological polar surface area (TPSA) is 95.7 Å². The maximum atomic E-state index is 16.0. The van der Waals surface area contributed by atoms with Crippen molar-refractivity contribution in [3.05, 3.63) is 85.6 Å². The van der Waals surface area contributed by atoms with E-state index in [1.807, 2.05) is 39.0 Å². The van der Waals surface area contributed by atoms with Gasteiger partial charge >= 0.3 is 0 Å². The molecule has 0 spiro atoms. The van der Waals surface area contributed by atoms with Gasteiger partial charge in [-0.1, -0.05) is 0 Å². The molecule has 1 amide bonds. The quantitative estimate of drug-likeness (QED) is 0.362. The van der Waals surface area contributed by atoms with Gasteiger partial charge in [0.2, 0.25) is 0 Å². The number of rotatable bonds is 7. The van der Waals surface area contributed by atoms with Crippen molar-refractivity contribution in [2.45, 2.75) is 65.1 Å². The average molecular weight is 589 g/mol. The van der Waals surface area contributed by atoms with Crippen LogP contribution in [0, 0.1) is 26.6 Å². The first-order chi connectivity index (χ1) is 20.8. The van der Waals surface area contributed by atoms with Crippen LogP contribution >= 0.6 is 0 Å². The Hall–Kier alpha value is -3.53. The number of amides is 1. The Morgan fingerprint density at radius 1 is 1.00 bits per heavy atom. The van der Waals surface area contributed by atoms with Gasteiger partial charge in [-0.15, -0.1) is 0 Å². The zero-order valence-electron chi connectivity index (χ0n) is 25.3. The molecule has 3 aromatic rings. The molecule has 2 aromatic carbocycles. The first kappa shape index (κ1) is 29.5. The fourth-order valence-electron chi connectivity index (χ4n) is 6.78. The van der Waals surface area contributed by atoms with Crippen LogP contribution in [0.5, 0.6) is 0 Å². The third kappa shape index (κ3) is 6.25. The van der Waals surface area contributed by atoms with Gasteiger partial charge in [0, 0.05) is 73.0 Å². The normalized spacial score (nSPS) is 19.3. The standard InChI is InChI=1S/C34H41FN4O4/c1-20-14-21(2)37-34(41)29(20)19-36-33(40)26-16-24(17-31(22(26)3)38-25-6-10-42-11-7-25)27-15-23-4-5-32(28(23)18-30(27)35)39-8-12-43-13-9-39/h14-18,25,32,38H,4-13,19H2,1-3H3,(H,36,40)(H,37,41). The van der Waals surface area contributed by atoms with Gasteiger partial charge in [-0.25, -0.2) is 4.39 Å². The Bertz CT molecular complexity index is 1570. The molecule has 1 unspecified atom stereocenters. The van der Waals surface area contributed by atoms with Crippen molar-refractivity contribution in [2.24, 2.45) is 0 Å². The molecule has 0 radical (unpaired) electrons. The molecular weight excluding hydrogens is 547 g/mol. The van der Waals surface area contributed by atoms with Crippen LogP contribution in [0.1, 0.15) is 69.2 Å². The van der Waals surface area contributed by atoms with Crippen LogP contribution in [0.15, 0.2) is 35.1 Å². The number of carbonyl (C=O) groups is 1. The lowest BCUT2D eigenvalue weighted by Gasteiger charge is -2.32. The van der Waals surface area contributed by atoms with Crippen molar-refractivity contribution in [3.63, 3.8) is 0 Å². The molecule has 1 aliphatic carbocycles. The number of fused-ring (bicyclic) bond motifs is 1. The maximum absolute atomic E-state index is 16.0. The van der Waals surface area contributed by atoms with Crippen LogP contribution in [0.25, 0.3) is 11.1 Å². The lowest BCUT2D eigenvalue weighted by molar-refractivity contribution is 0.0164. The fraction of sp³-hybridized carbons (Fsp3) is 0.471. The molecule has 1 atom stereocenters. The molecule has 3 aliphatic rings. The Labute approximate surface area is 252 Å². The average Bonchev–Trinajstić information content (AvgIpc) is 3.40. The number of halogens is 1. The first-order valence-electron chi connectivity index (χ1n) is 15.4. The molecule has 2 fully saturated rings. The minimum atomic E-state index is -0.303. The van der Waals surface area contributed by atoms with Gasteiger partial charge in [0.25, 0.3) is 11.5 Å². The van der Waals surface area contributed by atoms with Crippen molar-refractivity contribution in [1.82, 2.24) is 15.2 Å². The second-order valence-corrected chi connectivity index (χ2v) is 12.1. The molecule has 1 aromatic heterocycles. The van der Waals surface area contributed by atoms with Gasteiger partial charge < -0.3 is 25.1 Å². The third-order valence-corrected chi connectivity index (χ3v) is 9.23. The van der Waals surface area contributed by atoms with Gasteiger partial charge in [0.15, 0.2) is 0 Å². The number of anilines is 1. The second-order valence-electron chi connectivity index (χ2n) is 12.1. The van der Waals surface area contributed by atoms with Crippen LogP contribution in [0.4, 0.5) is 10.1 Å². The highest BCUT2D eigenvalue weighted by atomic mass is 19.1. The highest BCUT2D eigenvalue weighted by Gasteiger charge is 2.31. The zero-order valence-corrected chi connectivity index (χ0v) is 25.3. The predicted octanol–water partition coefficient (Wildman–Crippen LogP) is 4.95. The van der Waals surface area contributed by atoms with Crippen molar-refractivity contribution >= 4 is 11.6 Å². The smallest absolute Gasteiger partial charge is 0.253 e. The number of pyridine rings is 1. The minimum absolute atomic E-state index is 0.100. The summed E-state index contributed by atoms with van der Waals surface area (Å²) in [6, 6.07) is 9.74. The molecule has 6 rings (SSSR count). The third-order valence-electron chi connectivity index (χ3n) is 9.23. The monoisotopic (exact) mass is 588 g/mol. The highest BCUT2D eigenvalue weighted by Crippen LogP contribution is 2.40. The number of aromatic amines is 1. The molecule has 3 N–H and O–H groups in total. The number of morpholine rings is 1. The number of nitrogens with zero attached hydrogens (tertiary/aromatic N) is 1. The van der Waals surface area contributed by atoms with Crippen LogP contribution < -0.4 is 16.2 Å². The van der Waals surface area contributed by atoms with Gasteiger partial charge in [-0.3, -0.25) is 14.5 Å². The summed E-state index contributed by atoms with van der Waals surface area (Å²) >= 11 is 0. The van der Waals surface area contributed by atoms with E-state index in [-0.39, 0.29) is 35.9 Å². The van der Waals surface area contributed by atoms with E-state index in [1.165, 1.54) is 0 Å². The number of aromatic nitrogens is 1. The van der Waals surface area contributed by atoms with E-state index < -0.39 is 0 Å². The predicted molar refractivity (Wildman–Crippen MR) is 165 cm³/mol. The molecule has 0 saturated carbocycles. The van der Waals surface area contributed by atoms with Gasteiger partial charge in [-0.05, 0) is 105 Å². The molecule has 0 bridgehead atoms. The minimum Gasteiger partial charge on any atom is -0.382 e. The van der Waals surface area contributed by atoms with Gasteiger partial charge in [-0.2, -0.15) is 0 Å². The van der Waals surface area contributed by atoms with Crippen LogP contribution in [-0.2, 0) is 22.4 Å². The van der Waals surface area contributed by atoms with Crippen LogP contribution in [-0.4, -0.2) is 61.3 Å². The van der Waals surface area contributed by atoms with Crippen molar-refractivity contribution in [2.75, 3.05) is 44.8 Å². The number of benzene rings is 2. The zero-order chi connectivity index (χ0) is 30.1. The van der Waals surface area contributed by atoms with Crippen molar-refractivity contribution in [3.8, 4) is 11.1 Å². The van der Waals surface area contributed by atoms with E-state index >= 15 is 4.39 Å². The first-order valence-corrected chi connectivity index (χ1v) is 15.4. The van der Waals surface area contributed by atoms with E-state index in [9.17, 15) is 9.59 Å². The summed E-state index contributed by atoms with van der Waals surface area (Å²) in [5.41, 5.74) is 7.34. The second kappa shape index (κ2) is 12.6. The SMILES string of the molecule is Cc1cc(C)c(CNC(=O)c2cc(-c3cc4c(cc3F)C(N3CCOCC3)CC4)cc(NC3CCOCC3)c2C)c(=O)[nH]1. The molecule has 2 saturated heterocycles. The summed E-state index contributed by atoms with van der Waals surface area (Å²) in [6.45, 7) is 10.2. The fourth-order valence-corrected chi connectivity index (χ4v) is 6.78. The van der Waals surface area contributed by atoms with E-state index in [1.54, 1.807) is 12.1 Å². The molecule has 43 heavy (non-hydrogen) atoms. The van der Waals surface area contributed by atoms with E-state index in [0.717, 1.165) is 72.4 Å². The van der Waals surface area contributed by atoms with Crippen LogP contribution in [0.3, 0.4) is 0 Å². The molecule has 9 heteroatoms. The number of H-pyrrole nitrogens is 1. The lowest BCUT2D eigenvalue weighted by atomic mass is 9.93. The van der Waals surface area contributed by atoms with E-state index in [2.05, 4.69) is 20.5 Å². The molecule has 8 nitrogen and oxygen atoms in total. The van der Waals surface area contributed by atoms with Crippen LogP contribution in [0.2, 0.25) is 0 Å². The van der Waals surface area contributed by atoms with Crippen molar-refractivity contribution in [1.29, 1.82) is 0 Å². The summed E-state index contributed by atoms with van der Waals surface area (Å²) in [7, 11) is 0. The molecule has 228 valence electrons. The molecular formula is C34H41FN4O4. The number of aryl methyl sites for hydroxylation is 3. The number of carbonyl (C=O) groups excluding carboxylic acids is 1. The summed E-state index contributed by atoms with van der Waals surface area (Å²) in [4.78, 5) is 31.4. The van der Waals surface area contributed by atoms with E-state index in [0.29, 0.717) is 48.7 Å². The number of ether oxygens (including phenoxy) is 2. The number of nitrogens with one attached hydrogen (secondary N) is 3. The lowest BCUT2D eigenvalue weighted by Crippen LogP contribution is -2.38. The maximum Gasteiger partial charge on any atom is 0.253 e. The van der Waals surface area contributed by atoms with Gasteiger partial charge in [0.05, 0.1) is 13.2 Å². The molecule has 3 heterocycles.